The number of hydrogen-bond donors (Lipinski definition) is 0. The minimum atomic E-state index is 0.131. The minimum absolute atomic E-state index is 0.131. The Morgan fingerprint density at radius 2 is 1.93 bits per heavy atom. The van der Waals surface area contributed by atoms with Gasteiger partial charge in [-0.2, -0.15) is 0 Å². The van der Waals surface area contributed by atoms with Crippen LogP contribution in [0.1, 0.15) is 30.1 Å². The monoisotopic (exact) mass is 203 g/mol. The van der Waals surface area contributed by atoms with E-state index >= 15 is 0 Å². The predicted octanol–water partition coefficient (Wildman–Crippen LogP) is 2.74. The summed E-state index contributed by atoms with van der Waals surface area (Å²) in [5.41, 5.74) is 1.99. The highest BCUT2D eigenvalue weighted by molar-refractivity contribution is 5.94. The van der Waals surface area contributed by atoms with E-state index in [-0.39, 0.29) is 5.78 Å². The number of carbonyl (C=O) groups excluding carboxylic acids is 1. The largest absolute Gasteiger partial charge is 0.374 e. The number of carbonyl (C=O) groups is 1. The van der Waals surface area contributed by atoms with Crippen LogP contribution in [0.3, 0.4) is 0 Å². The summed E-state index contributed by atoms with van der Waals surface area (Å²) in [4.78, 5) is 13.4. The summed E-state index contributed by atoms with van der Waals surface area (Å²) in [5.74, 6) is 1.02. The second kappa shape index (κ2) is 4.05. The van der Waals surface area contributed by atoms with Crippen LogP contribution in [0, 0.1) is 5.92 Å². The number of hydrogen-bond acceptors (Lipinski definition) is 2. The summed E-state index contributed by atoms with van der Waals surface area (Å²) in [5, 5.41) is 0. The number of nitrogens with zero attached hydrogens (tertiary/aromatic N) is 1. The van der Waals surface area contributed by atoms with E-state index in [2.05, 4.69) is 11.9 Å². The zero-order valence-electron chi connectivity index (χ0n) is 9.36. The zero-order chi connectivity index (χ0) is 10.8. The van der Waals surface area contributed by atoms with Gasteiger partial charge >= 0.3 is 0 Å². The molecule has 0 atom stereocenters. The van der Waals surface area contributed by atoms with Crippen LogP contribution >= 0.6 is 0 Å². The van der Waals surface area contributed by atoms with Crippen LogP contribution in [0.15, 0.2) is 24.3 Å². The average Bonchev–Trinajstić information content (AvgIpc) is 3.02. The lowest BCUT2D eigenvalue weighted by atomic mass is 10.1. The average molecular weight is 203 g/mol. The number of benzene rings is 1. The quantitative estimate of drug-likeness (QED) is 0.701. The Balaban J connectivity index is 2.04. The Bertz CT molecular complexity index is 351. The molecule has 80 valence electrons. The van der Waals surface area contributed by atoms with Crippen molar-refractivity contribution in [3.8, 4) is 0 Å². The van der Waals surface area contributed by atoms with Gasteiger partial charge in [-0.15, -0.1) is 0 Å². The lowest BCUT2D eigenvalue weighted by Crippen LogP contribution is -2.19. The molecule has 1 saturated carbocycles. The molecule has 0 unspecified atom stereocenters. The van der Waals surface area contributed by atoms with Crippen molar-refractivity contribution in [1.82, 2.24) is 0 Å². The lowest BCUT2D eigenvalue weighted by Gasteiger charge is -2.19. The molecule has 0 spiro atoms. The molecule has 1 aromatic rings. The first kappa shape index (κ1) is 10.2. The van der Waals surface area contributed by atoms with Gasteiger partial charge in [0.25, 0.3) is 0 Å². The molecule has 0 aliphatic heterocycles. The van der Waals surface area contributed by atoms with Crippen molar-refractivity contribution in [1.29, 1.82) is 0 Å². The third-order valence-electron chi connectivity index (χ3n) is 2.94. The molecule has 2 nitrogen and oxygen atoms in total. The van der Waals surface area contributed by atoms with Gasteiger partial charge in [0.15, 0.2) is 5.78 Å². The number of rotatable bonds is 4. The molecule has 0 amide bonds. The molecule has 2 rings (SSSR count). The first-order valence-corrected chi connectivity index (χ1v) is 5.49. The van der Waals surface area contributed by atoms with Gasteiger partial charge in [0.05, 0.1) is 0 Å². The first-order chi connectivity index (χ1) is 7.16. The van der Waals surface area contributed by atoms with Crippen LogP contribution in [0.2, 0.25) is 0 Å². The van der Waals surface area contributed by atoms with Gasteiger partial charge in [0, 0.05) is 24.8 Å². The normalized spacial score (nSPS) is 15.1. The Morgan fingerprint density at radius 3 is 2.40 bits per heavy atom. The molecule has 1 fully saturated rings. The second-order valence-electron chi connectivity index (χ2n) is 4.43. The van der Waals surface area contributed by atoms with Gasteiger partial charge in [0.2, 0.25) is 0 Å². The summed E-state index contributed by atoms with van der Waals surface area (Å²) in [6.45, 7) is 2.74. The Kier molecular flexibility index (Phi) is 2.76. The molecule has 2 heteroatoms. The smallest absolute Gasteiger partial charge is 0.159 e. The van der Waals surface area contributed by atoms with Crippen molar-refractivity contribution >= 4 is 11.5 Å². The van der Waals surface area contributed by atoms with E-state index in [9.17, 15) is 4.79 Å². The molecule has 15 heavy (non-hydrogen) atoms. The second-order valence-corrected chi connectivity index (χ2v) is 4.43. The zero-order valence-corrected chi connectivity index (χ0v) is 9.36. The summed E-state index contributed by atoms with van der Waals surface area (Å²) in [7, 11) is 2.11. The van der Waals surface area contributed by atoms with Crippen LogP contribution in [0.5, 0.6) is 0 Å². The van der Waals surface area contributed by atoms with Gasteiger partial charge in [-0.05, 0) is 49.9 Å². The van der Waals surface area contributed by atoms with Gasteiger partial charge in [0.1, 0.15) is 0 Å². The number of ketones is 1. The highest BCUT2D eigenvalue weighted by Gasteiger charge is 2.22. The molecular formula is C13H17NO. The SMILES string of the molecule is CC(=O)c1ccc(N(C)CC2CC2)cc1. The Labute approximate surface area is 90.9 Å². The minimum Gasteiger partial charge on any atom is -0.374 e. The van der Waals surface area contributed by atoms with Crippen LogP contribution < -0.4 is 4.90 Å². The molecule has 0 heterocycles. The van der Waals surface area contributed by atoms with E-state index in [0.717, 1.165) is 18.0 Å². The van der Waals surface area contributed by atoms with E-state index in [1.165, 1.54) is 18.5 Å². The molecule has 1 aromatic carbocycles. The fourth-order valence-corrected chi connectivity index (χ4v) is 1.74. The van der Waals surface area contributed by atoms with Crippen LogP contribution in [0.25, 0.3) is 0 Å². The van der Waals surface area contributed by atoms with Crippen molar-refractivity contribution in [3.05, 3.63) is 29.8 Å². The Hall–Kier alpha value is -1.31. The van der Waals surface area contributed by atoms with Gasteiger partial charge < -0.3 is 4.90 Å². The maximum absolute atomic E-state index is 11.1. The van der Waals surface area contributed by atoms with Gasteiger partial charge in [-0.3, -0.25) is 4.79 Å². The Morgan fingerprint density at radius 1 is 1.33 bits per heavy atom. The molecule has 1 aliphatic rings. The van der Waals surface area contributed by atoms with Gasteiger partial charge in [-0.25, -0.2) is 0 Å². The predicted molar refractivity (Wildman–Crippen MR) is 62.4 cm³/mol. The van der Waals surface area contributed by atoms with Crippen LogP contribution in [0.4, 0.5) is 5.69 Å². The molecule has 0 saturated heterocycles. The van der Waals surface area contributed by atoms with Crippen molar-refractivity contribution in [2.45, 2.75) is 19.8 Å². The molecule has 0 aromatic heterocycles. The standard InChI is InChI=1S/C13H17NO/c1-10(15)12-5-7-13(8-6-12)14(2)9-11-3-4-11/h5-8,11H,3-4,9H2,1-2H3. The molecule has 0 radical (unpaired) electrons. The maximum atomic E-state index is 11.1. The van der Waals surface area contributed by atoms with E-state index < -0.39 is 0 Å². The highest BCUT2D eigenvalue weighted by Crippen LogP contribution is 2.30. The summed E-state index contributed by atoms with van der Waals surface area (Å²) >= 11 is 0. The van der Waals surface area contributed by atoms with Crippen LogP contribution in [-0.4, -0.2) is 19.4 Å². The van der Waals surface area contributed by atoms with E-state index in [1.807, 2.05) is 24.3 Å². The van der Waals surface area contributed by atoms with Gasteiger partial charge in [-0.1, -0.05) is 0 Å². The fraction of sp³-hybridized carbons (Fsp3) is 0.462. The van der Waals surface area contributed by atoms with E-state index in [0.29, 0.717) is 0 Å². The van der Waals surface area contributed by atoms with Crippen molar-refractivity contribution < 1.29 is 4.79 Å². The van der Waals surface area contributed by atoms with Crippen molar-refractivity contribution in [2.75, 3.05) is 18.5 Å². The first-order valence-electron chi connectivity index (χ1n) is 5.49. The molecule has 0 N–H and O–H groups in total. The fourth-order valence-electron chi connectivity index (χ4n) is 1.74. The van der Waals surface area contributed by atoms with Crippen molar-refractivity contribution in [2.24, 2.45) is 5.92 Å². The van der Waals surface area contributed by atoms with Crippen LogP contribution in [-0.2, 0) is 0 Å². The number of anilines is 1. The summed E-state index contributed by atoms with van der Waals surface area (Å²) in [6, 6.07) is 7.86. The number of Topliss-reactive ketones (excluding diaryl/α,β-unsaturated/α-hetero) is 1. The maximum Gasteiger partial charge on any atom is 0.159 e. The van der Waals surface area contributed by atoms with E-state index in [1.54, 1.807) is 6.92 Å². The highest BCUT2D eigenvalue weighted by atomic mass is 16.1. The summed E-state index contributed by atoms with van der Waals surface area (Å²) < 4.78 is 0. The molecular weight excluding hydrogens is 186 g/mol. The molecule has 1 aliphatic carbocycles. The van der Waals surface area contributed by atoms with Crippen molar-refractivity contribution in [3.63, 3.8) is 0 Å². The third kappa shape index (κ3) is 2.58. The third-order valence-corrected chi connectivity index (χ3v) is 2.94. The lowest BCUT2D eigenvalue weighted by molar-refractivity contribution is 0.101. The van der Waals surface area contributed by atoms with E-state index in [4.69, 9.17) is 0 Å². The molecule has 0 bridgehead atoms. The topological polar surface area (TPSA) is 20.3 Å². The summed E-state index contributed by atoms with van der Waals surface area (Å²) in [6.07, 6.45) is 2.74.